The Kier molecular flexibility index (Phi) is 6.00. The summed E-state index contributed by atoms with van der Waals surface area (Å²) in [5.41, 5.74) is 1.16. The summed E-state index contributed by atoms with van der Waals surface area (Å²) in [6, 6.07) is 31.3. The van der Waals surface area contributed by atoms with Crippen LogP contribution in [0.2, 0.25) is 6.55 Å². The smallest absolute Gasteiger partial charge is 0.253 e. The molecule has 0 amide bonds. The number of hydrogen-bond donors (Lipinski definition) is 0. The van der Waals surface area contributed by atoms with E-state index in [9.17, 15) is 0 Å². The average molecular weight is 357 g/mol. The van der Waals surface area contributed by atoms with Crippen molar-refractivity contribution in [3.8, 4) is 0 Å². The SMILES string of the molecule is C=CC(/C=C/c1ccccc1)O[Si](C)(c1ccccc1)c1ccccc1. The van der Waals surface area contributed by atoms with Crippen LogP contribution in [0.5, 0.6) is 0 Å². The van der Waals surface area contributed by atoms with Gasteiger partial charge in [0.05, 0.1) is 6.10 Å². The molecule has 2 heteroatoms. The highest BCUT2D eigenvalue weighted by atomic mass is 28.4. The number of rotatable bonds is 7. The Balaban J connectivity index is 1.92. The summed E-state index contributed by atoms with van der Waals surface area (Å²) < 4.78 is 6.72. The molecule has 0 bridgehead atoms. The van der Waals surface area contributed by atoms with Crippen molar-refractivity contribution >= 4 is 24.8 Å². The molecule has 3 aromatic rings. The first kappa shape index (κ1) is 18.1. The minimum atomic E-state index is -2.35. The quantitative estimate of drug-likeness (QED) is 0.442. The van der Waals surface area contributed by atoms with Crippen LogP contribution in [-0.2, 0) is 4.43 Å². The van der Waals surface area contributed by atoms with Crippen molar-refractivity contribution in [2.45, 2.75) is 12.7 Å². The van der Waals surface area contributed by atoms with Gasteiger partial charge in [0.2, 0.25) is 0 Å². The minimum absolute atomic E-state index is 0.146. The van der Waals surface area contributed by atoms with Gasteiger partial charge in [-0.1, -0.05) is 109 Å². The lowest BCUT2D eigenvalue weighted by atomic mass is 10.2. The second-order valence-electron chi connectivity index (χ2n) is 6.35. The Morgan fingerprint density at radius 3 is 1.69 bits per heavy atom. The van der Waals surface area contributed by atoms with Gasteiger partial charge in [-0.3, -0.25) is 0 Å². The predicted molar refractivity (Wildman–Crippen MR) is 114 cm³/mol. The van der Waals surface area contributed by atoms with Gasteiger partial charge in [0.15, 0.2) is 0 Å². The van der Waals surface area contributed by atoms with Gasteiger partial charge in [0.25, 0.3) is 8.32 Å². The molecule has 0 aliphatic rings. The van der Waals surface area contributed by atoms with Crippen molar-refractivity contribution in [2.75, 3.05) is 0 Å². The molecule has 0 aliphatic heterocycles. The standard InChI is InChI=1S/C24H24OSi/c1-3-22(20-19-21-13-7-4-8-14-21)25-26(2,23-15-9-5-10-16-23)24-17-11-6-12-18-24/h3-20,22H,1H2,2H3/b20-19+. The fourth-order valence-electron chi connectivity index (χ4n) is 3.02. The van der Waals surface area contributed by atoms with E-state index in [-0.39, 0.29) is 6.10 Å². The molecule has 0 N–H and O–H groups in total. The van der Waals surface area contributed by atoms with Crippen LogP contribution in [-0.4, -0.2) is 14.4 Å². The average Bonchev–Trinajstić information content (AvgIpc) is 2.73. The molecule has 0 saturated carbocycles. The fourth-order valence-corrected chi connectivity index (χ4v) is 6.01. The molecule has 0 aromatic heterocycles. The zero-order valence-electron chi connectivity index (χ0n) is 15.1. The maximum absolute atomic E-state index is 6.72. The van der Waals surface area contributed by atoms with E-state index in [4.69, 9.17) is 4.43 Å². The van der Waals surface area contributed by atoms with Crippen LogP contribution in [0.4, 0.5) is 0 Å². The van der Waals surface area contributed by atoms with E-state index in [0.29, 0.717) is 0 Å². The summed E-state index contributed by atoms with van der Waals surface area (Å²) in [5.74, 6) is 0. The zero-order valence-corrected chi connectivity index (χ0v) is 16.1. The van der Waals surface area contributed by atoms with Crippen LogP contribution in [0.15, 0.2) is 110 Å². The van der Waals surface area contributed by atoms with Crippen LogP contribution >= 0.6 is 0 Å². The monoisotopic (exact) mass is 356 g/mol. The van der Waals surface area contributed by atoms with Crippen molar-refractivity contribution in [1.82, 2.24) is 0 Å². The van der Waals surface area contributed by atoms with Gasteiger partial charge >= 0.3 is 0 Å². The van der Waals surface area contributed by atoms with Crippen LogP contribution in [0.25, 0.3) is 6.08 Å². The first-order valence-corrected chi connectivity index (χ1v) is 11.3. The molecule has 0 fully saturated rings. The van der Waals surface area contributed by atoms with E-state index in [1.807, 2.05) is 36.4 Å². The van der Waals surface area contributed by atoms with E-state index in [2.05, 4.69) is 85.9 Å². The highest BCUT2D eigenvalue weighted by molar-refractivity contribution is 6.96. The number of hydrogen-bond acceptors (Lipinski definition) is 1. The van der Waals surface area contributed by atoms with E-state index in [1.54, 1.807) is 0 Å². The molecule has 3 rings (SSSR count). The molecule has 0 heterocycles. The van der Waals surface area contributed by atoms with Gasteiger partial charge in [0.1, 0.15) is 0 Å². The highest BCUT2D eigenvalue weighted by Gasteiger charge is 2.35. The first-order valence-electron chi connectivity index (χ1n) is 8.87. The summed E-state index contributed by atoms with van der Waals surface area (Å²) in [5, 5.41) is 2.51. The van der Waals surface area contributed by atoms with Gasteiger partial charge in [-0.15, -0.1) is 6.58 Å². The third-order valence-electron chi connectivity index (χ3n) is 4.53. The van der Waals surface area contributed by atoms with Crippen molar-refractivity contribution < 1.29 is 4.43 Å². The van der Waals surface area contributed by atoms with Crippen molar-refractivity contribution in [2.24, 2.45) is 0 Å². The minimum Gasteiger partial charge on any atom is -0.398 e. The van der Waals surface area contributed by atoms with Gasteiger partial charge in [-0.2, -0.15) is 0 Å². The molecule has 1 nitrogen and oxygen atoms in total. The predicted octanol–water partition coefficient (Wildman–Crippen LogP) is 4.66. The normalized spacial score (nSPS) is 12.8. The molecule has 3 aromatic carbocycles. The lowest BCUT2D eigenvalue weighted by Crippen LogP contribution is -2.59. The first-order chi connectivity index (χ1) is 12.7. The molecule has 0 aliphatic carbocycles. The van der Waals surface area contributed by atoms with E-state index >= 15 is 0 Å². The Labute approximate surface area is 157 Å². The third kappa shape index (κ3) is 4.28. The van der Waals surface area contributed by atoms with Crippen LogP contribution < -0.4 is 10.4 Å². The second kappa shape index (κ2) is 8.61. The van der Waals surface area contributed by atoms with E-state index < -0.39 is 8.32 Å². The molecule has 0 spiro atoms. The maximum atomic E-state index is 6.72. The molecule has 26 heavy (non-hydrogen) atoms. The lowest BCUT2D eigenvalue weighted by Gasteiger charge is -2.31. The summed E-state index contributed by atoms with van der Waals surface area (Å²) in [6.07, 6.45) is 5.90. The summed E-state index contributed by atoms with van der Waals surface area (Å²) in [7, 11) is -2.35. The summed E-state index contributed by atoms with van der Waals surface area (Å²) in [4.78, 5) is 0. The van der Waals surface area contributed by atoms with Crippen molar-refractivity contribution in [3.63, 3.8) is 0 Å². The lowest BCUT2D eigenvalue weighted by molar-refractivity contribution is 0.299. The molecular weight excluding hydrogens is 332 g/mol. The highest BCUT2D eigenvalue weighted by Crippen LogP contribution is 2.13. The van der Waals surface area contributed by atoms with Crippen LogP contribution in [0, 0.1) is 0 Å². The Bertz CT molecular complexity index is 802. The van der Waals surface area contributed by atoms with Crippen LogP contribution in [0.1, 0.15) is 5.56 Å². The maximum Gasteiger partial charge on any atom is 0.253 e. The molecular formula is C24H24OSi. The summed E-state index contributed by atoms with van der Waals surface area (Å²) in [6.45, 7) is 6.25. The van der Waals surface area contributed by atoms with Gasteiger partial charge < -0.3 is 4.43 Å². The number of benzene rings is 3. The van der Waals surface area contributed by atoms with Crippen LogP contribution in [0.3, 0.4) is 0 Å². The molecule has 1 unspecified atom stereocenters. The van der Waals surface area contributed by atoms with E-state index in [0.717, 1.165) is 5.56 Å². The molecule has 0 radical (unpaired) electrons. The van der Waals surface area contributed by atoms with Crippen molar-refractivity contribution in [1.29, 1.82) is 0 Å². The third-order valence-corrected chi connectivity index (χ3v) is 8.15. The van der Waals surface area contributed by atoms with Gasteiger partial charge in [0, 0.05) is 0 Å². The zero-order chi connectivity index (χ0) is 18.2. The summed E-state index contributed by atoms with van der Waals surface area (Å²) >= 11 is 0. The Hall–Kier alpha value is -2.68. The van der Waals surface area contributed by atoms with Crippen molar-refractivity contribution in [3.05, 3.63) is 115 Å². The van der Waals surface area contributed by atoms with E-state index in [1.165, 1.54) is 10.4 Å². The molecule has 1 atom stereocenters. The molecule has 130 valence electrons. The Morgan fingerprint density at radius 1 is 0.769 bits per heavy atom. The topological polar surface area (TPSA) is 9.23 Å². The fraction of sp³-hybridized carbons (Fsp3) is 0.0833. The molecule has 0 saturated heterocycles. The second-order valence-corrected chi connectivity index (χ2v) is 9.81. The van der Waals surface area contributed by atoms with Gasteiger partial charge in [-0.05, 0) is 22.5 Å². The largest absolute Gasteiger partial charge is 0.398 e. The van der Waals surface area contributed by atoms with Gasteiger partial charge in [-0.25, -0.2) is 0 Å². The Morgan fingerprint density at radius 2 is 1.23 bits per heavy atom.